The second-order valence-electron chi connectivity index (χ2n) is 4.48. The number of hydrogen-bond donors (Lipinski definition) is 1. The summed E-state index contributed by atoms with van der Waals surface area (Å²) in [5, 5.41) is 8.70. The van der Waals surface area contributed by atoms with E-state index < -0.39 is 5.97 Å². The van der Waals surface area contributed by atoms with E-state index in [2.05, 4.69) is 0 Å². The number of ether oxygens (including phenoxy) is 1. The zero-order chi connectivity index (χ0) is 14.5. The Morgan fingerprint density at radius 2 is 1.95 bits per heavy atom. The summed E-state index contributed by atoms with van der Waals surface area (Å²) < 4.78 is 5.22. The number of benzene rings is 2. The van der Waals surface area contributed by atoms with Gasteiger partial charge in [0.25, 0.3) is 0 Å². The molecule has 0 aromatic heterocycles. The highest BCUT2D eigenvalue weighted by atomic mass is 16.5. The number of anilines is 1. The van der Waals surface area contributed by atoms with E-state index in [0.29, 0.717) is 16.8 Å². The molecule has 0 saturated heterocycles. The summed E-state index contributed by atoms with van der Waals surface area (Å²) in [5.41, 5.74) is 8.88. The summed E-state index contributed by atoms with van der Waals surface area (Å²) in [7, 11) is 0. The van der Waals surface area contributed by atoms with E-state index in [1.807, 2.05) is 19.1 Å². The van der Waals surface area contributed by atoms with Crippen LogP contribution >= 0.6 is 0 Å². The lowest BCUT2D eigenvalue weighted by atomic mass is 10.1. The van der Waals surface area contributed by atoms with E-state index in [4.69, 9.17) is 15.7 Å². The lowest BCUT2D eigenvalue weighted by Gasteiger charge is -2.08. The summed E-state index contributed by atoms with van der Waals surface area (Å²) in [4.78, 5) is 12.0. The molecule has 2 aromatic carbocycles. The van der Waals surface area contributed by atoms with Crippen molar-refractivity contribution in [2.24, 2.45) is 0 Å². The molecule has 0 amide bonds. The topological polar surface area (TPSA) is 76.1 Å². The van der Waals surface area contributed by atoms with Crippen molar-refractivity contribution in [1.29, 1.82) is 5.26 Å². The van der Waals surface area contributed by atoms with Gasteiger partial charge in [0.15, 0.2) is 0 Å². The Balaban J connectivity index is 2.04. The van der Waals surface area contributed by atoms with Crippen molar-refractivity contribution in [3.05, 3.63) is 64.7 Å². The van der Waals surface area contributed by atoms with Crippen LogP contribution in [0.25, 0.3) is 0 Å². The number of hydrogen-bond acceptors (Lipinski definition) is 4. The summed E-state index contributed by atoms with van der Waals surface area (Å²) in [6.07, 6.45) is 0. The van der Waals surface area contributed by atoms with Gasteiger partial charge in [-0.3, -0.25) is 0 Å². The molecule has 2 aromatic rings. The lowest BCUT2D eigenvalue weighted by Crippen LogP contribution is -2.08. The van der Waals surface area contributed by atoms with Gasteiger partial charge in [0, 0.05) is 5.69 Å². The molecule has 0 aliphatic rings. The lowest BCUT2D eigenvalue weighted by molar-refractivity contribution is 0.0474. The third-order valence-corrected chi connectivity index (χ3v) is 2.88. The van der Waals surface area contributed by atoms with Crippen LogP contribution in [0.5, 0.6) is 0 Å². The van der Waals surface area contributed by atoms with Gasteiger partial charge < -0.3 is 10.5 Å². The standard InChI is InChI=1S/C16H14N2O2/c1-11-2-7-15(18)14(8-11)16(19)20-10-13-5-3-12(9-17)4-6-13/h2-8H,10,18H2,1H3. The van der Waals surface area contributed by atoms with Crippen molar-refractivity contribution in [2.75, 3.05) is 5.73 Å². The Morgan fingerprint density at radius 3 is 2.60 bits per heavy atom. The second kappa shape index (κ2) is 5.89. The van der Waals surface area contributed by atoms with Crippen molar-refractivity contribution in [3.63, 3.8) is 0 Å². The molecular formula is C16H14N2O2. The molecule has 0 unspecified atom stereocenters. The largest absolute Gasteiger partial charge is 0.457 e. The average Bonchev–Trinajstić information content (AvgIpc) is 2.47. The Bertz CT molecular complexity index is 670. The van der Waals surface area contributed by atoms with Crippen LogP contribution in [0.1, 0.15) is 27.0 Å². The van der Waals surface area contributed by atoms with Gasteiger partial charge in [0.2, 0.25) is 0 Å². The number of esters is 1. The maximum absolute atomic E-state index is 12.0. The third-order valence-electron chi connectivity index (χ3n) is 2.88. The molecule has 0 fully saturated rings. The van der Waals surface area contributed by atoms with Crippen LogP contribution in [-0.2, 0) is 11.3 Å². The molecule has 0 aliphatic heterocycles. The van der Waals surface area contributed by atoms with Crippen LogP contribution in [-0.4, -0.2) is 5.97 Å². The molecule has 20 heavy (non-hydrogen) atoms. The minimum Gasteiger partial charge on any atom is -0.457 e. The van der Waals surface area contributed by atoms with Gasteiger partial charge in [0.05, 0.1) is 17.2 Å². The molecule has 0 radical (unpaired) electrons. The predicted octanol–water partition coefficient (Wildman–Crippen LogP) is 2.81. The molecular weight excluding hydrogens is 252 g/mol. The molecule has 2 N–H and O–H groups in total. The van der Waals surface area contributed by atoms with Crippen molar-refractivity contribution in [1.82, 2.24) is 0 Å². The number of carbonyl (C=O) groups is 1. The average molecular weight is 266 g/mol. The molecule has 100 valence electrons. The van der Waals surface area contributed by atoms with Crippen molar-refractivity contribution in [3.8, 4) is 6.07 Å². The van der Waals surface area contributed by atoms with Crippen molar-refractivity contribution >= 4 is 11.7 Å². The van der Waals surface area contributed by atoms with Gasteiger partial charge in [-0.15, -0.1) is 0 Å². The van der Waals surface area contributed by atoms with Crippen molar-refractivity contribution < 1.29 is 9.53 Å². The maximum atomic E-state index is 12.0. The van der Waals surface area contributed by atoms with Gasteiger partial charge in [-0.1, -0.05) is 23.8 Å². The van der Waals surface area contributed by atoms with Gasteiger partial charge in [-0.2, -0.15) is 5.26 Å². The highest BCUT2D eigenvalue weighted by Crippen LogP contribution is 2.16. The highest BCUT2D eigenvalue weighted by molar-refractivity contribution is 5.95. The fourth-order valence-corrected chi connectivity index (χ4v) is 1.75. The van der Waals surface area contributed by atoms with Gasteiger partial charge in [-0.25, -0.2) is 4.79 Å². The Labute approximate surface area is 117 Å². The number of rotatable bonds is 3. The minimum atomic E-state index is -0.449. The van der Waals surface area contributed by atoms with Crippen LogP contribution < -0.4 is 5.73 Å². The minimum absolute atomic E-state index is 0.151. The van der Waals surface area contributed by atoms with E-state index in [-0.39, 0.29) is 6.61 Å². The fourth-order valence-electron chi connectivity index (χ4n) is 1.75. The van der Waals surface area contributed by atoms with Crippen LogP contribution in [0.4, 0.5) is 5.69 Å². The molecule has 0 aliphatic carbocycles. The Hall–Kier alpha value is -2.80. The quantitative estimate of drug-likeness (QED) is 0.684. The van der Waals surface area contributed by atoms with Gasteiger partial charge in [0.1, 0.15) is 6.61 Å². The summed E-state index contributed by atoms with van der Waals surface area (Å²) in [5.74, 6) is -0.449. The first-order valence-corrected chi connectivity index (χ1v) is 6.12. The van der Waals surface area contributed by atoms with Crippen LogP contribution in [0.2, 0.25) is 0 Å². The van der Waals surface area contributed by atoms with E-state index in [0.717, 1.165) is 11.1 Å². The zero-order valence-corrected chi connectivity index (χ0v) is 11.1. The molecule has 0 spiro atoms. The Kier molecular flexibility index (Phi) is 4.02. The number of aryl methyl sites for hydroxylation is 1. The number of nitriles is 1. The molecule has 0 atom stereocenters. The predicted molar refractivity (Wildman–Crippen MR) is 75.9 cm³/mol. The van der Waals surface area contributed by atoms with E-state index in [9.17, 15) is 4.79 Å². The molecule has 2 rings (SSSR count). The van der Waals surface area contributed by atoms with E-state index in [1.165, 1.54) is 0 Å². The number of nitrogens with zero attached hydrogens (tertiary/aromatic N) is 1. The number of nitrogens with two attached hydrogens (primary N) is 1. The summed E-state index contributed by atoms with van der Waals surface area (Å²) in [6.45, 7) is 2.04. The van der Waals surface area contributed by atoms with Gasteiger partial charge >= 0.3 is 5.97 Å². The van der Waals surface area contributed by atoms with E-state index >= 15 is 0 Å². The molecule has 0 heterocycles. The fraction of sp³-hybridized carbons (Fsp3) is 0.125. The first-order chi connectivity index (χ1) is 9.60. The molecule has 0 saturated carbocycles. The first kappa shape index (κ1) is 13.6. The monoisotopic (exact) mass is 266 g/mol. The Morgan fingerprint density at radius 1 is 1.25 bits per heavy atom. The van der Waals surface area contributed by atoms with Crippen molar-refractivity contribution in [2.45, 2.75) is 13.5 Å². The van der Waals surface area contributed by atoms with Gasteiger partial charge in [-0.05, 0) is 36.8 Å². The zero-order valence-electron chi connectivity index (χ0n) is 11.1. The van der Waals surface area contributed by atoms with Crippen LogP contribution in [0.15, 0.2) is 42.5 Å². The maximum Gasteiger partial charge on any atom is 0.340 e. The molecule has 4 nitrogen and oxygen atoms in total. The first-order valence-electron chi connectivity index (χ1n) is 6.12. The SMILES string of the molecule is Cc1ccc(N)c(C(=O)OCc2ccc(C#N)cc2)c1. The molecule has 4 heteroatoms. The summed E-state index contributed by atoms with van der Waals surface area (Å²) >= 11 is 0. The normalized spacial score (nSPS) is 9.80. The van der Waals surface area contributed by atoms with Crippen LogP contribution in [0.3, 0.4) is 0 Å². The van der Waals surface area contributed by atoms with Crippen LogP contribution in [0, 0.1) is 18.3 Å². The smallest absolute Gasteiger partial charge is 0.340 e. The number of nitrogen functional groups attached to an aromatic ring is 1. The summed E-state index contributed by atoms with van der Waals surface area (Å²) in [6, 6.07) is 14.1. The number of carbonyl (C=O) groups excluding carboxylic acids is 1. The third kappa shape index (κ3) is 3.15. The molecule has 0 bridgehead atoms. The van der Waals surface area contributed by atoms with E-state index in [1.54, 1.807) is 36.4 Å². The highest BCUT2D eigenvalue weighted by Gasteiger charge is 2.11. The second-order valence-corrected chi connectivity index (χ2v) is 4.48.